The summed E-state index contributed by atoms with van der Waals surface area (Å²) in [4.78, 5) is 0. The molecule has 0 aromatic rings. The summed E-state index contributed by atoms with van der Waals surface area (Å²) >= 11 is 0. The van der Waals surface area contributed by atoms with Crippen molar-refractivity contribution in [2.24, 2.45) is 0 Å². The summed E-state index contributed by atoms with van der Waals surface area (Å²) in [6.45, 7) is 19.0. The van der Waals surface area contributed by atoms with E-state index in [1.54, 1.807) is 0 Å². The van der Waals surface area contributed by atoms with E-state index in [0.717, 1.165) is 12.8 Å². The van der Waals surface area contributed by atoms with Crippen LogP contribution in [-0.4, -0.2) is 22.5 Å². The maximum atomic E-state index is 6.61. The standard InChI is InChI=1S/C18H39O3P/c1-16(2,3)19-22(20-17(4,5)6,21-18(7,8)9)15-13-11-10-12-14-15/h15,22H,10-14H2,1-9H3. The van der Waals surface area contributed by atoms with Crippen molar-refractivity contribution in [2.75, 3.05) is 0 Å². The van der Waals surface area contributed by atoms with Gasteiger partial charge in [0.1, 0.15) is 0 Å². The average molecular weight is 334 g/mol. The molecule has 0 radical (unpaired) electrons. The van der Waals surface area contributed by atoms with Crippen LogP contribution in [0.2, 0.25) is 0 Å². The molecule has 1 aliphatic rings. The van der Waals surface area contributed by atoms with Crippen molar-refractivity contribution in [2.45, 2.75) is 117 Å². The molecule has 0 saturated heterocycles. The molecule has 0 N–H and O–H groups in total. The summed E-state index contributed by atoms with van der Waals surface area (Å²) in [6.07, 6.45) is 6.16. The van der Waals surface area contributed by atoms with Gasteiger partial charge in [-0.15, -0.1) is 0 Å². The zero-order chi connectivity index (χ0) is 17.2. The van der Waals surface area contributed by atoms with Gasteiger partial charge in [-0.2, -0.15) is 0 Å². The van der Waals surface area contributed by atoms with E-state index >= 15 is 0 Å². The van der Waals surface area contributed by atoms with Crippen molar-refractivity contribution >= 4 is 7.94 Å². The Morgan fingerprint density at radius 3 is 1.18 bits per heavy atom. The quantitative estimate of drug-likeness (QED) is 0.568. The Morgan fingerprint density at radius 1 is 0.591 bits per heavy atom. The molecule has 3 nitrogen and oxygen atoms in total. The molecule has 1 fully saturated rings. The van der Waals surface area contributed by atoms with Crippen LogP contribution in [0.4, 0.5) is 0 Å². The minimum atomic E-state index is -2.80. The zero-order valence-electron chi connectivity index (χ0n) is 16.3. The third-order valence-electron chi connectivity index (χ3n) is 3.45. The van der Waals surface area contributed by atoms with Gasteiger partial charge < -0.3 is 0 Å². The molecule has 0 unspecified atom stereocenters. The van der Waals surface area contributed by atoms with Crippen LogP contribution < -0.4 is 0 Å². The predicted octanol–water partition coefficient (Wildman–Crippen LogP) is 6.26. The molecule has 0 amide bonds. The van der Waals surface area contributed by atoms with Gasteiger partial charge in [0, 0.05) is 0 Å². The van der Waals surface area contributed by atoms with Crippen LogP contribution in [0.5, 0.6) is 0 Å². The Labute approximate surface area is 139 Å². The topological polar surface area (TPSA) is 27.7 Å². The molecular weight excluding hydrogens is 295 g/mol. The minimum absolute atomic E-state index is 0.264. The zero-order valence-corrected chi connectivity index (χ0v) is 17.3. The van der Waals surface area contributed by atoms with Gasteiger partial charge in [-0.25, -0.2) is 0 Å². The van der Waals surface area contributed by atoms with E-state index in [1.165, 1.54) is 19.3 Å². The van der Waals surface area contributed by atoms with Crippen LogP contribution in [-0.2, 0) is 13.6 Å². The Morgan fingerprint density at radius 2 is 0.909 bits per heavy atom. The first-order valence-electron chi connectivity index (χ1n) is 8.83. The van der Waals surface area contributed by atoms with Crippen molar-refractivity contribution in [1.82, 2.24) is 0 Å². The van der Waals surface area contributed by atoms with E-state index in [9.17, 15) is 0 Å². The van der Waals surface area contributed by atoms with Crippen molar-refractivity contribution in [3.63, 3.8) is 0 Å². The van der Waals surface area contributed by atoms with Gasteiger partial charge in [0.2, 0.25) is 0 Å². The summed E-state index contributed by atoms with van der Waals surface area (Å²) in [5.74, 6) is 0. The van der Waals surface area contributed by atoms with Gasteiger partial charge in [-0.1, -0.05) is 0 Å². The molecule has 0 atom stereocenters. The van der Waals surface area contributed by atoms with Crippen molar-refractivity contribution in [3.05, 3.63) is 0 Å². The van der Waals surface area contributed by atoms with E-state index < -0.39 is 7.94 Å². The Kier molecular flexibility index (Phi) is 6.52. The molecule has 0 heterocycles. The van der Waals surface area contributed by atoms with Gasteiger partial charge >= 0.3 is 138 Å². The summed E-state index contributed by atoms with van der Waals surface area (Å²) in [5, 5.41) is 0. The molecule has 4 heteroatoms. The van der Waals surface area contributed by atoms with Gasteiger partial charge in [-0.3, -0.25) is 0 Å². The van der Waals surface area contributed by atoms with E-state index in [1.807, 2.05) is 0 Å². The number of hydrogen-bond acceptors (Lipinski definition) is 3. The third kappa shape index (κ3) is 7.25. The predicted molar refractivity (Wildman–Crippen MR) is 97.7 cm³/mol. The van der Waals surface area contributed by atoms with Gasteiger partial charge in [0.05, 0.1) is 0 Å². The van der Waals surface area contributed by atoms with E-state index in [0.29, 0.717) is 5.66 Å². The summed E-state index contributed by atoms with van der Waals surface area (Å²) in [5.41, 5.74) is -0.375. The van der Waals surface area contributed by atoms with Crippen LogP contribution >= 0.6 is 7.94 Å². The molecule has 0 aromatic carbocycles. The molecule has 22 heavy (non-hydrogen) atoms. The second kappa shape index (κ2) is 7.05. The maximum absolute atomic E-state index is 6.61. The first-order chi connectivity index (χ1) is 9.73. The monoisotopic (exact) mass is 334 g/mol. The summed E-state index contributed by atoms with van der Waals surface area (Å²) in [7, 11) is -2.80. The van der Waals surface area contributed by atoms with Gasteiger partial charge in [0.25, 0.3) is 0 Å². The number of rotatable bonds is 4. The van der Waals surface area contributed by atoms with Crippen LogP contribution in [0.25, 0.3) is 0 Å². The number of hydrogen-bond donors (Lipinski definition) is 0. The molecule has 0 bridgehead atoms. The Hall–Kier alpha value is 0.310. The van der Waals surface area contributed by atoms with Crippen molar-refractivity contribution in [3.8, 4) is 0 Å². The molecule has 1 rings (SSSR count). The van der Waals surface area contributed by atoms with Gasteiger partial charge in [-0.05, 0) is 0 Å². The molecule has 1 aliphatic carbocycles. The van der Waals surface area contributed by atoms with Crippen LogP contribution in [0.1, 0.15) is 94.4 Å². The van der Waals surface area contributed by atoms with Crippen LogP contribution in [0.15, 0.2) is 0 Å². The normalized spacial score (nSPS) is 20.2. The molecule has 0 aliphatic heterocycles. The molecular formula is C18H39O3P. The molecule has 134 valence electrons. The van der Waals surface area contributed by atoms with E-state index in [4.69, 9.17) is 13.6 Å². The van der Waals surface area contributed by atoms with E-state index in [2.05, 4.69) is 62.3 Å². The Bertz CT molecular complexity index is 300. The Balaban J connectivity index is 3.20. The van der Waals surface area contributed by atoms with Crippen LogP contribution in [0.3, 0.4) is 0 Å². The van der Waals surface area contributed by atoms with Crippen molar-refractivity contribution in [1.29, 1.82) is 0 Å². The first kappa shape index (κ1) is 20.4. The second-order valence-electron chi connectivity index (χ2n) is 9.58. The third-order valence-corrected chi connectivity index (χ3v) is 7.72. The fourth-order valence-electron chi connectivity index (χ4n) is 3.05. The van der Waals surface area contributed by atoms with E-state index in [-0.39, 0.29) is 16.8 Å². The van der Waals surface area contributed by atoms with Crippen LogP contribution in [0, 0.1) is 0 Å². The fourth-order valence-corrected chi connectivity index (χ4v) is 7.35. The SMILES string of the molecule is CC(C)(C)O[PH](OC(C)(C)C)(OC(C)(C)C)C1CCCCC1. The molecule has 0 spiro atoms. The molecule has 1 saturated carbocycles. The van der Waals surface area contributed by atoms with Crippen molar-refractivity contribution < 1.29 is 13.6 Å². The first-order valence-corrected chi connectivity index (χ1v) is 10.6. The summed E-state index contributed by atoms with van der Waals surface area (Å²) in [6, 6.07) is 0. The molecule has 0 aromatic heterocycles. The second-order valence-corrected chi connectivity index (χ2v) is 12.2. The average Bonchev–Trinajstić information content (AvgIpc) is 2.22. The fraction of sp³-hybridized carbons (Fsp3) is 1.00. The summed E-state index contributed by atoms with van der Waals surface area (Å²) < 4.78 is 19.8. The van der Waals surface area contributed by atoms with Gasteiger partial charge in [0.15, 0.2) is 0 Å².